The number of carbonyl (C=O) groups excluding carboxylic acids is 1. The maximum Gasteiger partial charge on any atom is 0.335 e. The van der Waals surface area contributed by atoms with E-state index in [1.165, 1.54) is 18.3 Å². The largest absolute Gasteiger partial charge is 0.463 e. The van der Waals surface area contributed by atoms with E-state index in [2.05, 4.69) is 11.7 Å². The van der Waals surface area contributed by atoms with Crippen molar-refractivity contribution in [2.45, 2.75) is 13.5 Å². The third-order valence-corrected chi connectivity index (χ3v) is 1.69. The van der Waals surface area contributed by atoms with Crippen LogP contribution in [0.15, 0.2) is 35.3 Å². The lowest BCUT2D eigenvalue weighted by Crippen LogP contribution is -2.24. The van der Waals surface area contributed by atoms with E-state index in [1.807, 2.05) is 0 Å². The van der Waals surface area contributed by atoms with Gasteiger partial charge < -0.3 is 4.74 Å². The van der Waals surface area contributed by atoms with Gasteiger partial charge in [-0.05, 0) is 13.0 Å². The topological polar surface area (TPSA) is 61.2 Å². The first-order valence-electron chi connectivity index (χ1n) is 4.52. The minimum atomic E-state index is -0.505. The molecule has 80 valence electrons. The molecule has 0 aliphatic carbocycles. The van der Waals surface area contributed by atoms with Gasteiger partial charge in [-0.2, -0.15) is 5.10 Å². The first-order chi connectivity index (χ1) is 7.15. The summed E-state index contributed by atoms with van der Waals surface area (Å²) in [7, 11) is 0. The van der Waals surface area contributed by atoms with Crippen LogP contribution in [0.2, 0.25) is 0 Å². The van der Waals surface area contributed by atoms with Gasteiger partial charge in [0, 0.05) is 12.3 Å². The van der Waals surface area contributed by atoms with E-state index in [0.717, 1.165) is 4.68 Å². The molecule has 1 heterocycles. The zero-order valence-electron chi connectivity index (χ0n) is 8.47. The predicted octanol–water partition coefficient (Wildman–Crippen LogP) is 0.363. The molecule has 1 aromatic heterocycles. The molecule has 1 rings (SSSR count). The first kappa shape index (κ1) is 11.2. The standard InChI is InChI=1S/C10H12N2O3/c1-3-15-10(14)8(2)7-12-9(13)5-4-6-11-12/h4-6H,2-3,7H2,1H3. The SMILES string of the molecule is C=C(Cn1ncccc1=O)C(=O)OCC. The van der Waals surface area contributed by atoms with Crippen molar-refractivity contribution < 1.29 is 9.53 Å². The van der Waals surface area contributed by atoms with Crippen LogP contribution in [0.4, 0.5) is 0 Å². The number of aromatic nitrogens is 2. The Bertz CT molecular complexity index is 423. The van der Waals surface area contributed by atoms with Gasteiger partial charge in [-0.15, -0.1) is 0 Å². The first-order valence-corrected chi connectivity index (χ1v) is 4.52. The van der Waals surface area contributed by atoms with E-state index in [1.54, 1.807) is 6.92 Å². The molecule has 0 unspecified atom stereocenters. The normalized spacial score (nSPS) is 9.67. The molecular weight excluding hydrogens is 196 g/mol. The summed E-state index contributed by atoms with van der Waals surface area (Å²) in [5.74, 6) is -0.505. The molecule has 0 aliphatic rings. The lowest BCUT2D eigenvalue weighted by atomic mass is 10.3. The van der Waals surface area contributed by atoms with Gasteiger partial charge >= 0.3 is 5.97 Å². The van der Waals surface area contributed by atoms with E-state index in [-0.39, 0.29) is 24.3 Å². The molecule has 0 N–H and O–H groups in total. The maximum absolute atomic E-state index is 11.2. The summed E-state index contributed by atoms with van der Waals surface area (Å²) < 4.78 is 5.89. The van der Waals surface area contributed by atoms with Crippen LogP contribution in [0.1, 0.15) is 6.92 Å². The van der Waals surface area contributed by atoms with E-state index in [4.69, 9.17) is 4.74 Å². The Morgan fingerprint density at radius 1 is 1.67 bits per heavy atom. The highest BCUT2D eigenvalue weighted by Gasteiger charge is 2.09. The van der Waals surface area contributed by atoms with Crippen molar-refractivity contribution in [3.05, 3.63) is 40.8 Å². The highest BCUT2D eigenvalue weighted by Crippen LogP contribution is 1.96. The number of nitrogens with zero attached hydrogens (tertiary/aromatic N) is 2. The maximum atomic E-state index is 11.2. The number of carbonyl (C=O) groups is 1. The summed E-state index contributed by atoms with van der Waals surface area (Å²) >= 11 is 0. The zero-order chi connectivity index (χ0) is 11.3. The summed E-state index contributed by atoms with van der Waals surface area (Å²) in [5.41, 5.74) is -0.0689. The van der Waals surface area contributed by atoms with Crippen molar-refractivity contribution in [2.24, 2.45) is 0 Å². The third kappa shape index (κ3) is 3.05. The van der Waals surface area contributed by atoms with Crippen molar-refractivity contribution >= 4 is 5.97 Å². The Labute approximate surface area is 87.0 Å². The van der Waals surface area contributed by atoms with Crippen LogP contribution in [0.25, 0.3) is 0 Å². The molecule has 0 spiro atoms. The predicted molar refractivity (Wildman–Crippen MR) is 54.3 cm³/mol. The average molecular weight is 208 g/mol. The quantitative estimate of drug-likeness (QED) is 0.529. The van der Waals surface area contributed by atoms with Crippen molar-refractivity contribution in [1.29, 1.82) is 0 Å². The minimum absolute atomic E-state index is 0.0541. The van der Waals surface area contributed by atoms with Gasteiger partial charge in [-0.3, -0.25) is 4.79 Å². The second-order valence-electron chi connectivity index (χ2n) is 2.84. The molecule has 5 heteroatoms. The summed E-state index contributed by atoms with van der Waals surface area (Å²) in [4.78, 5) is 22.4. The fraction of sp³-hybridized carbons (Fsp3) is 0.300. The number of hydrogen-bond donors (Lipinski definition) is 0. The van der Waals surface area contributed by atoms with Gasteiger partial charge in [0.1, 0.15) is 0 Å². The molecule has 0 aromatic carbocycles. The minimum Gasteiger partial charge on any atom is -0.463 e. The molecule has 0 saturated carbocycles. The summed E-state index contributed by atoms with van der Waals surface area (Å²) in [6.45, 7) is 5.58. The van der Waals surface area contributed by atoms with E-state index < -0.39 is 5.97 Å². The Balaban J connectivity index is 2.71. The number of hydrogen-bond acceptors (Lipinski definition) is 4. The van der Waals surface area contributed by atoms with Gasteiger partial charge in [0.25, 0.3) is 5.56 Å². The van der Waals surface area contributed by atoms with Crippen LogP contribution in [-0.2, 0) is 16.1 Å². The molecule has 5 nitrogen and oxygen atoms in total. The lowest BCUT2D eigenvalue weighted by molar-refractivity contribution is -0.138. The van der Waals surface area contributed by atoms with Gasteiger partial charge in [0.15, 0.2) is 0 Å². The Morgan fingerprint density at radius 3 is 3.00 bits per heavy atom. The van der Waals surface area contributed by atoms with Crippen molar-refractivity contribution in [3.63, 3.8) is 0 Å². The van der Waals surface area contributed by atoms with Crippen molar-refractivity contribution in [1.82, 2.24) is 9.78 Å². The fourth-order valence-electron chi connectivity index (χ4n) is 0.984. The van der Waals surface area contributed by atoms with Crippen molar-refractivity contribution in [2.75, 3.05) is 6.61 Å². The van der Waals surface area contributed by atoms with Crippen LogP contribution in [-0.4, -0.2) is 22.4 Å². The monoisotopic (exact) mass is 208 g/mol. The molecule has 0 fully saturated rings. The number of ether oxygens (including phenoxy) is 1. The lowest BCUT2D eigenvalue weighted by Gasteiger charge is -2.05. The summed E-state index contributed by atoms with van der Waals surface area (Å²) in [6.07, 6.45) is 1.47. The molecule has 0 radical (unpaired) electrons. The highest BCUT2D eigenvalue weighted by atomic mass is 16.5. The summed E-state index contributed by atoms with van der Waals surface area (Å²) in [5, 5.41) is 3.80. The van der Waals surface area contributed by atoms with Crippen LogP contribution in [0.3, 0.4) is 0 Å². The van der Waals surface area contributed by atoms with Crippen molar-refractivity contribution in [3.8, 4) is 0 Å². The van der Waals surface area contributed by atoms with Crippen LogP contribution in [0, 0.1) is 0 Å². The van der Waals surface area contributed by atoms with Gasteiger partial charge in [-0.25, -0.2) is 9.48 Å². The van der Waals surface area contributed by atoms with Gasteiger partial charge in [0.05, 0.1) is 18.7 Å². The fourth-order valence-corrected chi connectivity index (χ4v) is 0.984. The second-order valence-corrected chi connectivity index (χ2v) is 2.84. The molecule has 0 saturated heterocycles. The van der Waals surface area contributed by atoms with Gasteiger partial charge in [-0.1, -0.05) is 6.58 Å². The van der Waals surface area contributed by atoms with Crippen LogP contribution >= 0.6 is 0 Å². The molecular formula is C10H12N2O3. The second kappa shape index (κ2) is 5.09. The highest BCUT2D eigenvalue weighted by molar-refractivity contribution is 5.87. The molecule has 0 aliphatic heterocycles. The Morgan fingerprint density at radius 2 is 2.40 bits per heavy atom. The summed E-state index contributed by atoms with van der Waals surface area (Å²) in [6, 6.07) is 2.90. The zero-order valence-corrected chi connectivity index (χ0v) is 8.47. The van der Waals surface area contributed by atoms with E-state index in [0.29, 0.717) is 0 Å². The van der Waals surface area contributed by atoms with E-state index in [9.17, 15) is 9.59 Å². The Kier molecular flexibility index (Phi) is 3.79. The molecule has 0 amide bonds. The van der Waals surface area contributed by atoms with Crippen LogP contribution in [0.5, 0.6) is 0 Å². The number of rotatable bonds is 4. The van der Waals surface area contributed by atoms with E-state index >= 15 is 0 Å². The number of esters is 1. The smallest absolute Gasteiger partial charge is 0.335 e. The Hall–Kier alpha value is -1.91. The third-order valence-electron chi connectivity index (χ3n) is 1.69. The molecule has 1 aromatic rings. The van der Waals surface area contributed by atoms with Crippen LogP contribution < -0.4 is 5.56 Å². The average Bonchev–Trinajstić information content (AvgIpc) is 2.21. The molecule has 15 heavy (non-hydrogen) atoms. The van der Waals surface area contributed by atoms with Gasteiger partial charge in [0.2, 0.25) is 0 Å². The molecule has 0 bridgehead atoms. The molecule has 0 atom stereocenters.